The number of aliphatic hydroxyl groups is 1. The lowest BCUT2D eigenvalue weighted by Crippen LogP contribution is -2.35. The number of hydrogen-bond donors (Lipinski definition) is 2. The van der Waals surface area contributed by atoms with E-state index in [1.54, 1.807) is 18.3 Å². The van der Waals surface area contributed by atoms with Gasteiger partial charge in [0.05, 0.1) is 6.54 Å². The van der Waals surface area contributed by atoms with Crippen LogP contribution in [0.2, 0.25) is 0 Å². The number of halogens is 1. The summed E-state index contributed by atoms with van der Waals surface area (Å²) in [6.45, 7) is 1.65. The van der Waals surface area contributed by atoms with E-state index in [1.165, 1.54) is 12.1 Å². The Balaban J connectivity index is 1.53. The molecule has 4 rings (SSSR count). The average molecular weight is 467 g/mol. The summed E-state index contributed by atoms with van der Waals surface area (Å²) < 4.78 is 19.3. The largest absolute Gasteiger partial charge is 0.492 e. The van der Waals surface area contributed by atoms with E-state index in [0.717, 1.165) is 48.6 Å². The number of rotatable bonds is 10. The third-order valence-electron chi connectivity index (χ3n) is 5.65. The van der Waals surface area contributed by atoms with Gasteiger partial charge in [0.1, 0.15) is 35.9 Å². The Bertz CT molecular complexity index is 1130. The molecule has 2 aromatic heterocycles. The van der Waals surface area contributed by atoms with Crippen molar-refractivity contribution in [2.24, 2.45) is 0 Å². The molecular formula is C25H31FN6O2. The summed E-state index contributed by atoms with van der Waals surface area (Å²) in [6.07, 6.45) is 3.58. The molecule has 1 aromatic carbocycles. The minimum absolute atomic E-state index is 0.264. The summed E-state index contributed by atoms with van der Waals surface area (Å²) in [5, 5.41) is 13.5. The highest BCUT2D eigenvalue weighted by molar-refractivity contribution is 5.60. The van der Waals surface area contributed by atoms with E-state index in [-0.39, 0.29) is 12.4 Å². The third kappa shape index (κ3) is 5.98. The number of aliphatic hydroxyl groups excluding tert-OH is 1. The number of anilines is 2. The number of benzene rings is 1. The average Bonchev–Trinajstić information content (AvgIpc) is 3.27. The molecule has 0 fully saturated rings. The summed E-state index contributed by atoms with van der Waals surface area (Å²) in [7, 11) is 5.89. The second kappa shape index (κ2) is 10.8. The van der Waals surface area contributed by atoms with Gasteiger partial charge in [-0.05, 0) is 57.6 Å². The monoisotopic (exact) mass is 466 g/mol. The fourth-order valence-corrected chi connectivity index (χ4v) is 3.97. The van der Waals surface area contributed by atoms with Gasteiger partial charge in [-0.1, -0.05) is 6.07 Å². The van der Waals surface area contributed by atoms with E-state index in [9.17, 15) is 9.50 Å². The lowest BCUT2D eigenvalue weighted by molar-refractivity contribution is 0.210. The molecule has 8 nitrogen and oxygen atoms in total. The number of likely N-dealkylation sites (N-methyl/N-ethyl adjacent to an activating group) is 2. The van der Waals surface area contributed by atoms with Crippen LogP contribution in [0.3, 0.4) is 0 Å². The highest BCUT2D eigenvalue weighted by Crippen LogP contribution is 2.31. The highest BCUT2D eigenvalue weighted by atomic mass is 19.1. The van der Waals surface area contributed by atoms with Crippen molar-refractivity contribution >= 4 is 11.5 Å². The Morgan fingerprint density at radius 2 is 2.00 bits per heavy atom. The zero-order chi connectivity index (χ0) is 24.1. The number of aryl methyl sites for hydroxylation is 1. The Hall–Kier alpha value is -3.30. The number of fused-ring (bicyclic) bond motifs is 1. The van der Waals surface area contributed by atoms with Crippen molar-refractivity contribution in [1.29, 1.82) is 0 Å². The van der Waals surface area contributed by atoms with Crippen LogP contribution >= 0.6 is 0 Å². The van der Waals surface area contributed by atoms with E-state index < -0.39 is 6.23 Å². The summed E-state index contributed by atoms with van der Waals surface area (Å²) >= 11 is 0. The summed E-state index contributed by atoms with van der Waals surface area (Å²) in [5.74, 6) is 1.68. The fraction of sp³-hybridized carbons (Fsp3) is 0.400. The van der Waals surface area contributed by atoms with Crippen LogP contribution in [0.25, 0.3) is 11.5 Å². The molecule has 0 aliphatic heterocycles. The molecule has 0 amide bonds. The van der Waals surface area contributed by atoms with Gasteiger partial charge >= 0.3 is 0 Å². The first kappa shape index (κ1) is 23.8. The van der Waals surface area contributed by atoms with Crippen molar-refractivity contribution < 1.29 is 14.2 Å². The highest BCUT2D eigenvalue weighted by Gasteiger charge is 2.23. The van der Waals surface area contributed by atoms with Crippen LogP contribution in [0.15, 0.2) is 42.6 Å². The van der Waals surface area contributed by atoms with Gasteiger partial charge in [-0.3, -0.25) is 4.98 Å². The molecule has 3 aromatic rings. The van der Waals surface area contributed by atoms with E-state index in [4.69, 9.17) is 14.7 Å². The summed E-state index contributed by atoms with van der Waals surface area (Å²) in [4.78, 5) is 18.1. The molecule has 0 radical (unpaired) electrons. The maximum atomic E-state index is 13.5. The van der Waals surface area contributed by atoms with Crippen LogP contribution in [0.5, 0.6) is 5.75 Å². The van der Waals surface area contributed by atoms with Gasteiger partial charge in [0.2, 0.25) is 0 Å². The maximum absolute atomic E-state index is 13.5. The second-order valence-corrected chi connectivity index (χ2v) is 8.73. The zero-order valence-electron chi connectivity index (χ0n) is 19.8. The first-order chi connectivity index (χ1) is 16.4. The van der Waals surface area contributed by atoms with Gasteiger partial charge in [-0.25, -0.2) is 14.4 Å². The third-order valence-corrected chi connectivity index (χ3v) is 5.65. The van der Waals surface area contributed by atoms with Gasteiger partial charge in [0.25, 0.3) is 0 Å². The topological polar surface area (TPSA) is 86.6 Å². The second-order valence-electron chi connectivity index (χ2n) is 8.73. The molecule has 9 heteroatoms. The molecule has 2 N–H and O–H groups in total. The fourth-order valence-electron chi connectivity index (χ4n) is 3.97. The van der Waals surface area contributed by atoms with Crippen molar-refractivity contribution in [2.75, 3.05) is 51.1 Å². The van der Waals surface area contributed by atoms with Crippen LogP contribution in [-0.2, 0) is 12.8 Å². The van der Waals surface area contributed by atoms with Crippen molar-refractivity contribution in [3.05, 3.63) is 59.7 Å². The SMILES string of the molecule is CN(C)CCOc1ccnc(-c2nc3c(c(N(C)CC(O)Nc4cccc(F)c4)n2)CCC3)c1. The van der Waals surface area contributed by atoms with Crippen LogP contribution in [0.1, 0.15) is 17.7 Å². The Kier molecular flexibility index (Phi) is 7.54. The first-order valence-electron chi connectivity index (χ1n) is 11.4. The Morgan fingerprint density at radius 3 is 2.79 bits per heavy atom. The van der Waals surface area contributed by atoms with E-state index in [0.29, 0.717) is 23.8 Å². The van der Waals surface area contributed by atoms with E-state index in [1.807, 2.05) is 38.2 Å². The van der Waals surface area contributed by atoms with Gasteiger partial charge in [0, 0.05) is 42.8 Å². The van der Waals surface area contributed by atoms with Crippen LogP contribution in [0.4, 0.5) is 15.9 Å². The van der Waals surface area contributed by atoms with Gasteiger partial charge in [0.15, 0.2) is 5.82 Å². The predicted octanol–water partition coefficient (Wildman–Crippen LogP) is 2.97. The maximum Gasteiger partial charge on any atom is 0.180 e. The van der Waals surface area contributed by atoms with Crippen LogP contribution in [0, 0.1) is 5.82 Å². The molecular weight excluding hydrogens is 435 g/mol. The van der Waals surface area contributed by atoms with Gasteiger partial charge < -0.3 is 25.0 Å². The molecule has 180 valence electrons. The molecule has 0 saturated carbocycles. The number of aromatic nitrogens is 3. The normalized spacial score (nSPS) is 13.6. The number of nitrogens with zero attached hydrogens (tertiary/aromatic N) is 5. The van der Waals surface area contributed by atoms with Crippen molar-refractivity contribution in [2.45, 2.75) is 25.5 Å². The lowest BCUT2D eigenvalue weighted by Gasteiger charge is -2.25. The minimum atomic E-state index is -0.909. The lowest BCUT2D eigenvalue weighted by atomic mass is 10.2. The van der Waals surface area contributed by atoms with E-state index >= 15 is 0 Å². The number of pyridine rings is 1. The molecule has 0 saturated heterocycles. The summed E-state index contributed by atoms with van der Waals surface area (Å²) in [5.41, 5.74) is 3.28. The van der Waals surface area contributed by atoms with Gasteiger partial charge in [-0.15, -0.1) is 0 Å². The molecule has 0 bridgehead atoms. The molecule has 1 aliphatic carbocycles. The minimum Gasteiger partial charge on any atom is -0.492 e. The van der Waals surface area contributed by atoms with Crippen molar-refractivity contribution in [1.82, 2.24) is 19.9 Å². The molecule has 1 atom stereocenters. The molecule has 34 heavy (non-hydrogen) atoms. The van der Waals surface area contributed by atoms with Gasteiger partial charge in [-0.2, -0.15) is 0 Å². The number of nitrogens with one attached hydrogen (secondary N) is 1. The first-order valence-corrected chi connectivity index (χ1v) is 11.4. The number of ether oxygens (including phenoxy) is 1. The standard InChI is InChI=1S/C25H31FN6O2/c1-31(2)12-13-34-19-10-11-27-22(15-19)24-29-21-9-5-8-20(21)25(30-24)32(3)16-23(33)28-18-7-4-6-17(26)14-18/h4,6-7,10-11,14-15,23,28,33H,5,8-9,12-13,16H2,1-3H3. The smallest absolute Gasteiger partial charge is 0.180 e. The van der Waals surface area contributed by atoms with E-state index in [2.05, 4.69) is 15.2 Å². The Morgan fingerprint density at radius 1 is 1.15 bits per heavy atom. The number of hydrogen-bond acceptors (Lipinski definition) is 8. The van der Waals surface area contributed by atoms with Crippen molar-refractivity contribution in [3.8, 4) is 17.3 Å². The predicted molar refractivity (Wildman–Crippen MR) is 131 cm³/mol. The molecule has 0 spiro atoms. The molecule has 1 aliphatic rings. The molecule has 2 heterocycles. The zero-order valence-corrected chi connectivity index (χ0v) is 19.8. The Labute approximate surface area is 199 Å². The molecule has 1 unspecified atom stereocenters. The van der Waals surface area contributed by atoms with Crippen LogP contribution in [-0.4, -0.2) is 72.0 Å². The summed E-state index contributed by atoms with van der Waals surface area (Å²) in [6, 6.07) is 9.72. The quantitative estimate of drug-likeness (QED) is 0.441. The van der Waals surface area contributed by atoms with Crippen LogP contribution < -0.4 is 15.0 Å². The van der Waals surface area contributed by atoms with Crippen molar-refractivity contribution in [3.63, 3.8) is 0 Å².